The van der Waals surface area contributed by atoms with E-state index in [-0.39, 0.29) is 11.9 Å². The van der Waals surface area contributed by atoms with Crippen LogP contribution in [0.25, 0.3) is 11.5 Å². The number of rotatable bonds is 3. The minimum atomic E-state index is -4.83. The number of nitrogens with zero attached hydrogens (tertiary/aromatic N) is 3. The monoisotopic (exact) mass is 329 g/mol. The van der Waals surface area contributed by atoms with Gasteiger partial charge in [-0.25, -0.2) is 4.39 Å². The molecule has 116 valence electrons. The lowest BCUT2D eigenvalue weighted by Gasteiger charge is -2.09. The highest BCUT2D eigenvalue weighted by Gasteiger charge is 2.41. The molecule has 0 bridgehead atoms. The Bertz CT molecular complexity index is 836. The average molecular weight is 329 g/mol. The molecule has 0 N–H and O–H groups in total. The van der Waals surface area contributed by atoms with Gasteiger partial charge in [-0.15, -0.1) is 8.98 Å². The molecule has 7 nitrogen and oxygen atoms in total. The predicted molar refractivity (Wildman–Crippen MR) is 70.5 cm³/mol. The first-order valence-electron chi connectivity index (χ1n) is 6.18. The van der Waals surface area contributed by atoms with E-state index in [1.807, 2.05) is 0 Å². The first-order chi connectivity index (χ1) is 10.3. The number of amides is 1. The summed E-state index contributed by atoms with van der Waals surface area (Å²) in [5.41, 5.74) is 0.306. The zero-order valence-corrected chi connectivity index (χ0v) is 11.8. The summed E-state index contributed by atoms with van der Waals surface area (Å²) in [4.78, 5) is 12.6. The summed E-state index contributed by atoms with van der Waals surface area (Å²) in [7, 11) is -4.83. The van der Waals surface area contributed by atoms with Gasteiger partial charge in [0, 0.05) is 12.0 Å². The third-order valence-electron chi connectivity index (χ3n) is 3.20. The Morgan fingerprint density at radius 1 is 1.32 bits per heavy atom. The van der Waals surface area contributed by atoms with Crippen molar-refractivity contribution in [3.05, 3.63) is 30.1 Å². The van der Waals surface area contributed by atoms with Crippen LogP contribution < -0.4 is 4.90 Å². The second-order valence-electron chi connectivity index (χ2n) is 4.71. The fraction of sp³-hybridized carbons (Fsp3) is 0.250. The molecule has 1 aromatic carbocycles. The van der Waals surface area contributed by atoms with E-state index in [0.717, 1.165) is 11.0 Å². The van der Waals surface area contributed by atoms with Crippen molar-refractivity contribution >= 4 is 22.1 Å². The molecule has 2 aromatic rings. The molecule has 1 atom stereocenters. The normalized spacial score (nSPS) is 18.9. The molecular formula is C12H9F2N3O4S. The first kappa shape index (κ1) is 14.6. The summed E-state index contributed by atoms with van der Waals surface area (Å²) in [5, 5.41) is 5.84. The fourth-order valence-corrected chi connectivity index (χ4v) is 2.78. The second-order valence-corrected chi connectivity index (χ2v) is 6.32. The summed E-state index contributed by atoms with van der Waals surface area (Å²) >= 11 is 0. The SMILES string of the molecule is O=C1CC(S(=O)(=O)F)CN1c1nnc(-c2cccc(F)c2)o1. The van der Waals surface area contributed by atoms with Crippen molar-refractivity contribution < 1.29 is 25.9 Å². The van der Waals surface area contributed by atoms with Crippen LogP contribution in [0.1, 0.15) is 6.42 Å². The molecule has 2 heterocycles. The molecule has 1 amide bonds. The highest BCUT2D eigenvalue weighted by atomic mass is 32.3. The summed E-state index contributed by atoms with van der Waals surface area (Å²) in [6.45, 7) is -0.400. The van der Waals surface area contributed by atoms with Gasteiger partial charge >= 0.3 is 16.2 Å². The Morgan fingerprint density at radius 3 is 2.73 bits per heavy atom. The maximum absolute atomic E-state index is 13.1. The number of carbonyl (C=O) groups excluding carboxylic acids is 1. The van der Waals surface area contributed by atoms with Crippen molar-refractivity contribution in [1.82, 2.24) is 10.2 Å². The molecule has 0 radical (unpaired) electrons. The Labute approximate surface area is 123 Å². The lowest BCUT2D eigenvalue weighted by atomic mass is 10.2. The maximum Gasteiger partial charge on any atom is 0.325 e. The van der Waals surface area contributed by atoms with Crippen LogP contribution in [0.15, 0.2) is 28.7 Å². The van der Waals surface area contributed by atoms with Gasteiger partial charge in [-0.05, 0) is 18.2 Å². The molecule has 1 fully saturated rings. The van der Waals surface area contributed by atoms with E-state index in [4.69, 9.17) is 4.42 Å². The largest absolute Gasteiger partial charge is 0.403 e. The minimum absolute atomic E-state index is 0.0335. The van der Waals surface area contributed by atoms with E-state index in [1.165, 1.54) is 18.2 Å². The molecule has 3 rings (SSSR count). The second kappa shape index (κ2) is 5.13. The van der Waals surface area contributed by atoms with E-state index >= 15 is 0 Å². The van der Waals surface area contributed by atoms with E-state index in [9.17, 15) is 21.5 Å². The topological polar surface area (TPSA) is 93.4 Å². The average Bonchev–Trinajstić information content (AvgIpc) is 3.04. The number of hydrogen-bond acceptors (Lipinski definition) is 6. The zero-order valence-electron chi connectivity index (χ0n) is 10.9. The van der Waals surface area contributed by atoms with Crippen LogP contribution in [0.5, 0.6) is 0 Å². The quantitative estimate of drug-likeness (QED) is 0.788. The molecule has 0 spiro atoms. The molecule has 1 unspecified atom stereocenters. The van der Waals surface area contributed by atoms with Gasteiger partial charge in [0.1, 0.15) is 11.1 Å². The lowest BCUT2D eigenvalue weighted by molar-refractivity contribution is -0.117. The molecule has 0 saturated carbocycles. The molecule has 1 aliphatic rings. The van der Waals surface area contributed by atoms with Crippen molar-refractivity contribution in [2.45, 2.75) is 11.7 Å². The van der Waals surface area contributed by atoms with Crippen molar-refractivity contribution in [2.75, 3.05) is 11.4 Å². The summed E-state index contributed by atoms with van der Waals surface area (Å²) in [6, 6.07) is 5.12. The Morgan fingerprint density at radius 2 is 2.09 bits per heavy atom. The van der Waals surface area contributed by atoms with Gasteiger partial charge in [0.25, 0.3) is 0 Å². The van der Waals surface area contributed by atoms with E-state index < -0.39 is 40.2 Å². The van der Waals surface area contributed by atoms with Crippen molar-refractivity contribution in [3.63, 3.8) is 0 Å². The van der Waals surface area contributed by atoms with Crippen LogP contribution >= 0.6 is 0 Å². The number of aromatic nitrogens is 2. The Balaban J connectivity index is 1.87. The smallest absolute Gasteiger partial charge is 0.325 e. The maximum atomic E-state index is 13.1. The summed E-state index contributed by atoms with van der Waals surface area (Å²) < 4.78 is 53.1. The van der Waals surface area contributed by atoms with E-state index in [0.29, 0.717) is 5.56 Å². The molecule has 1 aromatic heterocycles. The van der Waals surface area contributed by atoms with Crippen LogP contribution in [0, 0.1) is 5.82 Å². The molecule has 10 heteroatoms. The first-order valence-corrected chi connectivity index (χ1v) is 7.62. The van der Waals surface area contributed by atoms with Gasteiger partial charge in [-0.1, -0.05) is 11.2 Å². The van der Waals surface area contributed by atoms with Crippen LogP contribution in [-0.4, -0.2) is 36.3 Å². The fourth-order valence-electron chi connectivity index (χ4n) is 2.11. The number of benzene rings is 1. The van der Waals surface area contributed by atoms with Gasteiger partial charge in [0.05, 0.1) is 6.54 Å². The number of carbonyl (C=O) groups is 1. The van der Waals surface area contributed by atoms with Crippen molar-refractivity contribution in [1.29, 1.82) is 0 Å². The zero-order chi connectivity index (χ0) is 15.9. The summed E-state index contributed by atoms with van der Waals surface area (Å²) in [6.07, 6.45) is -0.490. The number of halogens is 2. The van der Waals surface area contributed by atoms with E-state index in [2.05, 4.69) is 10.2 Å². The highest BCUT2D eigenvalue weighted by Crippen LogP contribution is 2.27. The third-order valence-corrected chi connectivity index (χ3v) is 4.32. The van der Waals surface area contributed by atoms with Gasteiger partial charge in [0.15, 0.2) is 0 Å². The molecule has 1 aliphatic heterocycles. The van der Waals surface area contributed by atoms with Crippen LogP contribution in [0.3, 0.4) is 0 Å². The van der Waals surface area contributed by atoms with Gasteiger partial charge in [0.2, 0.25) is 11.8 Å². The van der Waals surface area contributed by atoms with Crippen molar-refractivity contribution in [3.8, 4) is 11.5 Å². The number of anilines is 1. The van der Waals surface area contributed by atoms with Gasteiger partial charge in [-0.3, -0.25) is 9.69 Å². The van der Waals surface area contributed by atoms with Crippen molar-refractivity contribution in [2.24, 2.45) is 0 Å². The molecule has 0 aliphatic carbocycles. The molecular weight excluding hydrogens is 320 g/mol. The Kier molecular flexibility index (Phi) is 3.39. The van der Waals surface area contributed by atoms with Gasteiger partial charge in [-0.2, -0.15) is 8.42 Å². The standard InChI is InChI=1S/C12H9F2N3O4S/c13-8-3-1-2-7(4-8)11-15-16-12(21-11)17-6-9(5-10(17)18)22(14,19)20/h1-4,9H,5-6H2. The Hall–Kier alpha value is -2.36. The van der Waals surface area contributed by atoms with E-state index in [1.54, 1.807) is 0 Å². The lowest BCUT2D eigenvalue weighted by Crippen LogP contribution is -2.27. The summed E-state index contributed by atoms with van der Waals surface area (Å²) in [5.74, 6) is -1.17. The predicted octanol–water partition coefficient (Wildman–Crippen LogP) is 1.28. The van der Waals surface area contributed by atoms with Gasteiger partial charge < -0.3 is 4.42 Å². The van der Waals surface area contributed by atoms with Crippen LogP contribution in [0.4, 0.5) is 14.3 Å². The minimum Gasteiger partial charge on any atom is -0.403 e. The molecule has 22 heavy (non-hydrogen) atoms. The highest BCUT2D eigenvalue weighted by molar-refractivity contribution is 7.87. The third kappa shape index (κ3) is 2.69. The number of hydrogen-bond donors (Lipinski definition) is 0. The van der Waals surface area contributed by atoms with Crippen LogP contribution in [-0.2, 0) is 15.0 Å². The van der Waals surface area contributed by atoms with Crippen LogP contribution in [0.2, 0.25) is 0 Å². The molecule has 1 saturated heterocycles.